The average Bonchev–Trinajstić information content (AvgIpc) is 3.03. The molecule has 2 aromatic rings. The molecule has 0 amide bonds. The van der Waals surface area contributed by atoms with E-state index in [0.717, 1.165) is 36.6 Å². The lowest BCUT2D eigenvalue weighted by molar-refractivity contribution is -0.137. The highest BCUT2D eigenvalue weighted by molar-refractivity contribution is 5.85. The van der Waals surface area contributed by atoms with Crippen LogP contribution in [0.1, 0.15) is 12.0 Å². The van der Waals surface area contributed by atoms with Crippen molar-refractivity contribution >= 4 is 23.8 Å². The molecule has 0 radical (unpaired) electrons. The summed E-state index contributed by atoms with van der Waals surface area (Å²) in [6.07, 6.45) is -2.88. The molecule has 1 N–H and O–H groups in total. The first-order chi connectivity index (χ1) is 11.5. The Bertz CT molecular complexity index is 694. The summed E-state index contributed by atoms with van der Waals surface area (Å²) in [6, 6.07) is 10.2. The highest BCUT2D eigenvalue weighted by atomic mass is 35.5. The molecule has 1 aromatic carbocycles. The largest absolute Gasteiger partial charge is 0.472 e. The molecule has 1 aromatic heterocycles. The topological polar surface area (TPSA) is 37.4 Å². The van der Waals surface area contributed by atoms with Crippen LogP contribution in [0.4, 0.5) is 24.5 Å². The number of ether oxygens (including phenoxy) is 1. The van der Waals surface area contributed by atoms with Crippen molar-refractivity contribution in [2.45, 2.75) is 18.7 Å². The molecule has 0 aliphatic carbocycles. The molecule has 136 valence electrons. The number of rotatable bonds is 4. The number of hydrogen-bond acceptors (Lipinski definition) is 4. The van der Waals surface area contributed by atoms with Crippen LogP contribution < -0.4 is 15.0 Å². The Morgan fingerprint density at radius 1 is 1.20 bits per heavy atom. The predicted octanol–water partition coefficient (Wildman–Crippen LogP) is 4.22. The summed E-state index contributed by atoms with van der Waals surface area (Å²) in [7, 11) is 1.87. The summed E-state index contributed by atoms with van der Waals surface area (Å²) in [5, 5.41) is 3.16. The smallest absolute Gasteiger partial charge is 0.417 e. The van der Waals surface area contributed by atoms with Crippen molar-refractivity contribution in [3.8, 4) is 5.88 Å². The molecule has 4 nitrogen and oxygen atoms in total. The Morgan fingerprint density at radius 3 is 2.60 bits per heavy atom. The van der Waals surface area contributed by atoms with Crippen LogP contribution in [0.3, 0.4) is 0 Å². The fourth-order valence-electron chi connectivity index (χ4n) is 2.79. The number of hydrogen-bond donors (Lipinski definition) is 1. The monoisotopic (exact) mass is 373 g/mol. The Labute approximate surface area is 150 Å². The maximum Gasteiger partial charge on any atom is 0.417 e. The SMILES string of the molecule is CNc1ccccc1N1CC[C@H](Oc2ccc(C(F)(F)F)cn2)C1.Cl. The minimum Gasteiger partial charge on any atom is -0.472 e. The lowest BCUT2D eigenvalue weighted by Gasteiger charge is -2.21. The van der Waals surface area contributed by atoms with E-state index in [-0.39, 0.29) is 24.4 Å². The number of aromatic nitrogens is 1. The zero-order chi connectivity index (χ0) is 17.2. The summed E-state index contributed by atoms with van der Waals surface area (Å²) >= 11 is 0. The molecule has 1 saturated heterocycles. The van der Waals surface area contributed by atoms with Gasteiger partial charge in [0.25, 0.3) is 0 Å². The summed E-state index contributed by atoms with van der Waals surface area (Å²) in [5.74, 6) is 0.219. The number of para-hydroxylation sites is 2. The standard InChI is InChI=1S/C17H18F3N3O.ClH/c1-21-14-4-2-3-5-15(14)23-9-8-13(11-23)24-16-7-6-12(10-22-16)17(18,19)20;/h2-7,10,13,21H,8-9,11H2,1H3;1H/t13-;/m0./s1. The van der Waals surface area contributed by atoms with Gasteiger partial charge in [0, 0.05) is 32.3 Å². The van der Waals surface area contributed by atoms with Gasteiger partial charge in [-0.25, -0.2) is 4.98 Å². The zero-order valence-corrected chi connectivity index (χ0v) is 14.4. The van der Waals surface area contributed by atoms with Crippen molar-refractivity contribution < 1.29 is 17.9 Å². The third-order valence-corrected chi connectivity index (χ3v) is 4.01. The first-order valence-corrected chi connectivity index (χ1v) is 7.69. The maximum atomic E-state index is 12.5. The lowest BCUT2D eigenvalue weighted by atomic mass is 10.2. The van der Waals surface area contributed by atoms with E-state index >= 15 is 0 Å². The van der Waals surface area contributed by atoms with Gasteiger partial charge in [-0.1, -0.05) is 12.1 Å². The minimum absolute atomic E-state index is 0. The van der Waals surface area contributed by atoms with Crippen molar-refractivity contribution in [1.82, 2.24) is 4.98 Å². The van der Waals surface area contributed by atoms with Crippen LogP contribution in [0.5, 0.6) is 5.88 Å². The number of anilines is 2. The Morgan fingerprint density at radius 2 is 1.96 bits per heavy atom. The van der Waals surface area contributed by atoms with E-state index in [0.29, 0.717) is 6.54 Å². The first-order valence-electron chi connectivity index (χ1n) is 7.69. The molecule has 1 aliphatic rings. The summed E-state index contributed by atoms with van der Waals surface area (Å²) in [6.45, 7) is 1.49. The van der Waals surface area contributed by atoms with Crippen LogP contribution >= 0.6 is 12.4 Å². The van der Waals surface area contributed by atoms with Crippen LogP contribution in [0, 0.1) is 0 Å². The fourth-order valence-corrected chi connectivity index (χ4v) is 2.79. The number of halogens is 4. The molecule has 0 unspecified atom stereocenters. The molecule has 2 heterocycles. The van der Waals surface area contributed by atoms with Gasteiger partial charge in [0.2, 0.25) is 5.88 Å². The van der Waals surface area contributed by atoms with Gasteiger partial charge >= 0.3 is 6.18 Å². The Hall–Kier alpha value is -2.15. The van der Waals surface area contributed by atoms with Gasteiger partial charge in [-0.3, -0.25) is 0 Å². The van der Waals surface area contributed by atoms with Gasteiger partial charge in [-0.15, -0.1) is 12.4 Å². The molecular formula is C17H19ClF3N3O. The molecule has 0 spiro atoms. The van der Waals surface area contributed by atoms with Crippen molar-refractivity contribution in [3.63, 3.8) is 0 Å². The second-order valence-electron chi connectivity index (χ2n) is 5.62. The number of nitrogens with one attached hydrogen (secondary N) is 1. The minimum atomic E-state index is -4.38. The lowest BCUT2D eigenvalue weighted by Crippen LogP contribution is -2.25. The second-order valence-corrected chi connectivity index (χ2v) is 5.62. The van der Waals surface area contributed by atoms with E-state index in [1.807, 2.05) is 31.3 Å². The Balaban J connectivity index is 0.00000225. The van der Waals surface area contributed by atoms with E-state index < -0.39 is 11.7 Å². The van der Waals surface area contributed by atoms with Crippen LogP contribution in [-0.4, -0.2) is 31.2 Å². The van der Waals surface area contributed by atoms with Crippen molar-refractivity contribution in [2.75, 3.05) is 30.4 Å². The van der Waals surface area contributed by atoms with E-state index in [1.165, 1.54) is 6.07 Å². The highest BCUT2D eigenvalue weighted by Crippen LogP contribution is 2.31. The quantitative estimate of drug-likeness (QED) is 0.870. The third kappa shape index (κ3) is 4.48. The molecule has 0 bridgehead atoms. The van der Waals surface area contributed by atoms with Gasteiger partial charge in [0.05, 0.1) is 23.5 Å². The number of alkyl halides is 3. The van der Waals surface area contributed by atoms with Gasteiger partial charge in [-0.2, -0.15) is 13.2 Å². The van der Waals surface area contributed by atoms with E-state index in [2.05, 4.69) is 15.2 Å². The van der Waals surface area contributed by atoms with Gasteiger partial charge in [0.15, 0.2) is 0 Å². The number of pyridine rings is 1. The van der Waals surface area contributed by atoms with E-state index in [1.54, 1.807) is 0 Å². The summed E-state index contributed by atoms with van der Waals surface area (Å²) in [5.41, 5.74) is 1.35. The predicted molar refractivity (Wildman–Crippen MR) is 93.7 cm³/mol. The third-order valence-electron chi connectivity index (χ3n) is 4.01. The van der Waals surface area contributed by atoms with Crippen molar-refractivity contribution in [2.24, 2.45) is 0 Å². The average molecular weight is 374 g/mol. The first kappa shape index (κ1) is 19.2. The van der Waals surface area contributed by atoms with Crippen LogP contribution in [0.2, 0.25) is 0 Å². The molecule has 25 heavy (non-hydrogen) atoms. The van der Waals surface area contributed by atoms with Crippen molar-refractivity contribution in [1.29, 1.82) is 0 Å². The molecule has 0 saturated carbocycles. The maximum absolute atomic E-state index is 12.5. The number of nitrogens with zero attached hydrogens (tertiary/aromatic N) is 2. The fraction of sp³-hybridized carbons (Fsp3) is 0.353. The Kier molecular flexibility index (Phi) is 6.00. The normalized spacial score (nSPS) is 17.1. The highest BCUT2D eigenvalue weighted by Gasteiger charge is 2.31. The molecule has 8 heteroatoms. The van der Waals surface area contributed by atoms with Crippen LogP contribution in [0.25, 0.3) is 0 Å². The van der Waals surface area contributed by atoms with E-state index in [4.69, 9.17) is 4.74 Å². The van der Waals surface area contributed by atoms with Crippen LogP contribution in [0.15, 0.2) is 42.6 Å². The molecule has 1 atom stereocenters. The molecule has 1 aliphatic heterocycles. The summed E-state index contributed by atoms with van der Waals surface area (Å²) < 4.78 is 43.4. The van der Waals surface area contributed by atoms with E-state index in [9.17, 15) is 13.2 Å². The van der Waals surface area contributed by atoms with Gasteiger partial charge < -0.3 is 15.0 Å². The van der Waals surface area contributed by atoms with Crippen LogP contribution in [-0.2, 0) is 6.18 Å². The number of benzene rings is 1. The summed E-state index contributed by atoms with van der Waals surface area (Å²) in [4.78, 5) is 5.96. The molecule has 3 rings (SSSR count). The van der Waals surface area contributed by atoms with Crippen molar-refractivity contribution in [3.05, 3.63) is 48.2 Å². The van der Waals surface area contributed by atoms with Gasteiger partial charge in [0.1, 0.15) is 6.10 Å². The second kappa shape index (κ2) is 7.82. The molecule has 1 fully saturated rings. The van der Waals surface area contributed by atoms with Gasteiger partial charge in [-0.05, 0) is 18.2 Å². The molecular weight excluding hydrogens is 355 g/mol. The zero-order valence-electron chi connectivity index (χ0n) is 13.6.